The Morgan fingerprint density at radius 3 is 2.38 bits per heavy atom. The van der Waals surface area contributed by atoms with Crippen LogP contribution in [-0.2, 0) is 25.7 Å². The maximum absolute atomic E-state index is 15.1. The minimum Gasteiger partial charge on any atom is -0.394 e. The van der Waals surface area contributed by atoms with Gasteiger partial charge in [-0.15, -0.1) is 13.2 Å². The van der Waals surface area contributed by atoms with Gasteiger partial charge in [-0.1, -0.05) is 87.0 Å². The molecule has 252 valence electrons. The highest BCUT2D eigenvalue weighted by molar-refractivity contribution is 6.34. The van der Waals surface area contributed by atoms with Crippen LogP contribution in [0.1, 0.15) is 57.6 Å². The number of carbonyl (C=O) groups excluding carboxylic acids is 3. The molecule has 3 fully saturated rings. The third-order valence-electron chi connectivity index (χ3n) is 10.4. The Kier molecular flexibility index (Phi) is 10.3. The summed E-state index contributed by atoms with van der Waals surface area (Å²) in [7, 11) is 0. The summed E-state index contributed by atoms with van der Waals surface area (Å²) in [5.41, 5.74) is 0.145. The number of carbonyl (C=O) groups is 3. The lowest BCUT2D eigenvalue weighted by Gasteiger charge is -2.40. The molecule has 3 heterocycles. The van der Waals surface area contributed by atoms with Crippen molar-refractivity contribution in [2.45, 2.75) is 83.2 Å². The van der Waals surface area contributed by atoms with Gasteiger partial charge in [0.25, 0.3) is 5.91 Å². The molecule has 0 aliphatic carbocycles. The van der Waals surface area contributed by atoms with Gasteiger partial charge >= 0.3 is 0 Å². The van der Waals surface area contributed by atoms with Crippen molar-refractivity contribution < 1.29 is 24.2 Å². The quantitative estimate of drug-likeness (QED) is 0.253. The van der Waals surface area contributed by atoms with Gasteiger partial charge in [0.2, 0.25) is 11.8 Å². The molecule has 1 spiro atoms. The third kappa shape index (κ3) is 5.93. The SMILES string of the molecule is C=CCN(Cc1ccccc1)C(=O)[C@H]1[C@H]2C(=O)N([C@@H](CO)CC(C)C)C(C(=O)N(CC=C)c3c(C)cccc3Cl)C23CC[C@]1(CC)O3. The van der Waals surface area contributed by atoms with Crippen LogP contribution in [0.2, 0.25) is 5.02 Å². The number of likely N-dealkylation sites (tertiary alicyclic amines) is 1. The van der Waals surface area contributed by atoms with E-state index in [2.05, 4.69) is 13.2 Å². The van der Waals surface area contributed by atoms with Crippen LogP contribution in [-0.4, -0.2) is 75.6 Å². The molecule has 0 saturated carbocycles. The second kappa shape index (κ2) is 14.0. The van der Waals surface area contributed by atoms with Crippen molar-refractivity contribution in [3.05, 3.63) is 90.0 Å². The van der Waals surface area contributed by atoms with E-state index in [0.717, 1.165) is 11.1 Å². The molecule has 3 saturated heterocycles. The Morgan fingerprint density at radius 1 is 1.09 bits per heavy atom. The third-order valence-corrected chi connectivity index (χ3v) is 10.7. The van der Waals surface area contributed by atoms with E-state index in [4.69, 9.17) is 16.3 Å². The van der Waals surface area contributed by atoms with Crippen LogP contribution in [0.5, 0.6) is 0 Å². The molecule has 8 nitrogen and oxygen atoms in total. The highest BCUT2D eigenvalue weighted by Crippen LogP contribution is 2.65. The number of halogens is 1. The lowest BCUT2D eigenvalue weighted by atomic mass is 9.64. The van der Waals surface area contributed by atoms with Gasteiger partial charge < -0.3 is 24.5 Å². The minimum absolute atomic E-state index is 0.134. The fourth-order valence-corrected chi connectivity index (χ4v) is 8.77. The standard InChI is InChI=1S/C38H48ClN3O5/c1-7-20-40(23-27-15-11-10-12-16-27)34(44)30-31-35(45)42(28(24-43)22-25(4)5)33(38(31)19-18-37(30,9-3)47-38)36(46)41(21-8-2)32-26(6)14-13-17-29(32)39/h7-8,10-17,25,28,30-31,33,43H,1-2,9,18-24H2,3-6H3/t28-,30-,31+,33?,37+,38?/m1/s1. The average molecular weight is 662 g/mol. The van der Waals surface area contributed by atoms with Gasteiger partial charge in [-0.25, -0.2) is 0 Å². The summed E-state index contributed by atoms with van der Waals surface area (Å²) in [6.07, 6.45) is 5.31. The van der Waals surface area contributed by atoms with E-state index < -0.39 is 35.1 Å². The Labute approximate surface area is 284 Å². The van der Waals surface area contributed by atoms with E-state index in [-0.39, 0.29) is 36.8 Å². The lowest BCUT2D eigenvalue weighted by molar-refractivity contribution is -0.154. The highest BCUT2D eigenvalue weighted by atomic mass is 35.5. The van der Waals surface area contributed by atoms with E-state index in [1.807, 2.05) is 70.2 Å². The van der Waals surface area contributed by atoms with Crippen LogP contribution in [0.3, 0.4) is 0 Å². The zero-order valence-corrected chi connectivity index (χ0v) is 28.8. The maximum Gasteiger partial charge on any atom is 0.253 e. The fourth-order valence-electron chi connectivity index (χ4n) is 8.45. The molecule has 0 aromatic heterocycles. The number of aliphatic hydroxyl groups excluding tert-OH is 1. The molecule has 2 aromatic rings. The number of benzene rings is 2. The summed E-state index contributed by atoms with van der Waals surface area (Å²) < 4.78 is 7.07. The van der Waals surface area contributed by atoms with Crippen LogP contribution >= 0.6 is 11.6 Å². The summed E-state index contributed by atoms with van der Waals surface area (Å²) in [5, 5.41) is 11.1. The van der Waals surface area contributed by atoms with Crippen molar-refractivity contribution >= 4 is 35.0 Å². The molecule has 3 aliphatic rings. The van der Waals surface area contributed by atoms with Crippen LogP contribution in [0.4, 0.5) is 5.69 Å². The van der Waals surface area contributed by atoms with E-state index in [1.165, 1.54) is 0 Å². The summed E-state index contributed by atoms with van der Waals surface area (Å²) >= 11 is 6.72. The first-order valence-corrected chi connectivity index (χ1v) is 17.1. The number of anilines is 1. The number of amides is 3. The van der Waals surface area contributed by atoms with Crippen molar-refractivity contribution in [3.8, 4) is 0 Å². The fraction of sp³-hybridized carbons (Fsp3) is 0.500. The average Bonchev–Trinajstić information content (AvgIpc) is 3.66. The first-order valence-electron chi connectivity index (χ1n) is 16.7. The van der Waals surface area contributed by atoms with E-state index in [0.29, 0.717) is 49.5 Å². The van der Waals surface area contributed by atoms with E-state index >= 15 is 4.79 Å². The number of ether oxygens (including phenoxy) is 1. The maximum atomic E-state index is 15.1. The number of hydrogen-bond donors (Lipinski definition) is 1. The topological polar surface area (TPSA) is 90.4 Å². The van der Waals surface area contributed by atoms with Gasteiger partial charge in [-0.05, 0) is 55.7 Å². The number of para-hydroxylation sites is 1. The number of rotatable bonds is 14. The largest absolute Gasteiger partial charge is 0.394 e. The first kappa shape index (κ1) is 34.9. The molecular weight excluding hydrogens is 614 g/mol. The van der Waals surface area contributed by atoms with Gasteiger partial charge in [0.05, 0.1) is 40.8 Å². The second-order valence-electron chi connectivity index (χ2n) is 13.7. The Bertz CT molecular complexity index is 1490. The Morgan fingerprint density at radius 2 is 1.79 bits per heavy atom. The van der Waals surface area contributed by atoms with Crippen molar-refractivity contribution in [3.63, 3.8) is 0 Å². The molecule has 0 radical (unpaired) electrons. The van der Waals surface area contributed by atoms with E-state index in [1.54, 1.807) is 32.9 Å². The molecule has 3 amide bonds. The Balaban J connectivity index is 1.65. The molecule has 5 rings (SSSR count). The molecule has 2 aromatic carbocycles. The highest BCUT2D eigenvalue weighted by Gasteiger charge is 2.79. The first-order chi connectivity index (χ1) is 22.5. The normalized spacial score (nSPS) is 26.7. The zero-order valence-electron chi connectivity index (χ0n) is 28.0. The smallest absolute Gasteiger partial charge is 0.253 e. The van der Waals surface area contributed by atoms with Crippen molar-refractivity contribution in [1.29, 1.82) is 0 Å². The molecule has 2 unspecified atom stereocenters. The van der Waals surface area contributed by atoms with Gasteiger partial charge in [-0.2, -0.15) is 0 Å². The van der Waals surface area contributed by atoms with Gasteiger partial charge in [0.1, 0.15) is 11.6 Å². The number of aliphatic hydroxyl groups is 1. The number of nitrogens with zero attached hydrogens (tertiary/aromatic N) is 3. The lowest BCUT2D eigenvalue weighted by Crippen LogP contribution is -2.59. The minimum atomic E-state index is -1.25. The van der Waals surface area contributed by atoms with Crippen LogP contribution in [0.15, 0.2) is 73.8 Å². The summed E-state index contributed by atoms with van der Waals surface area (Å²) in [5.74, 6) is -2.41. The van der Waals surface area contributed by atoms with Gasteiger partial charge in [0.15, 0.2) is 0 Å². The number of aryl methyl sites for hydroxylation is 1. The predicted octanol–water partition coefficient (Wildman–Crippen LogP) is 5.94. The van der Waals surface area contributed by atoms with Crippen LogP contribution < -0.4 is 4.90 Å². The molecule has 1 N–H and O–H groups in total. The monoisotopic (exact) mass is 661 g/mol. The van der Waals surface area contributed by atoms with Crippen LogP contribution in [0, 0.1) is 24.7 Å². The summed E-state index contributed by atoms with van der Waals surface area (Å²) in [6, 6.07) is 13.5. The molecule has 47 heavy (non-hydrogen) atoms. The summed E-state index contributed by atoms with van der Waals surface area (Å²) in [4.78, 5) is 49.8. The Hall–Kier alpha value is -3.46. The van der Waals surface area contributed by atoms with Gasteiger partial charge in [0, 0.05) is 19.6 Å². The molecule has 6 atom stereocenters. The van der Waals surface area contributed by atoms with E-state index in [9.17, 15) is 14.7 Å². The second-order valence-corrected chi connectivity index (χ2v) is 14.1. The van der Waals surface area contributed by atoms with Crippen molar-refractivity contribution in [1.82, 2.24) is 9.80 Å². The molecule has 9 heteroatoms. The predicted molar refractivity (Wildman–Crippen MR) is 185 cm³/mol. The van der Waals surface area contributed by atoms with Crippen molar-refractivity contribution in [2.24, 2.45) is 17.8 Å². The summed E-state index contributed by atoms with van der Waals surface area (Å²) in [6.45, 7) is 16.2. The number of fused-ring (bicyclic) bond motifs is 1. The molecular formula is C38H48ClN3O5. The molecule has 2 bridgehead atoms. The van der Waals surface area contributed by atoms with Gasteiger partial charge in [-0.3, -0.25) is 14.4 Å². The van der Waals surface area contributed by atoms with Crippen molar-refractivity contribution in [2.75, 3.05) is 24.6 Å². The van der Waals surface area contributed by atoms with Crippen LogP contribution in [0.25, 0.3) is 0 Å². The molecule has 3 aliphatic heterocycles. The zero-order chi connectivity index (χ0) is 34.1. The number of hydrogen-bond acceptors (Lipinski definition) is 5.